The quantitative estimate of drug-likeness (QED) is 0.275. The number of fused-ring (bicyclic) bond motifs is 1. The van der Waals surface area contributed by atoms with Gasteiger partial charge in [0.25, 0.3) is 23.6 Å². The first kappa shape index (κ1) is 23.9. The normalized spacial score (nSPS) is 13.0. The van der Waals surface area contributed by atoms with Crippen LogP contribution in [0.3, 0.4) is 0 Å². The molecular formula is C27H22N4O6. The SMILES string of the molecule is Cc1ccc(Oc2ccc(NC(=O)c3cc4c(cc3C(O)(O)n3ccnc3)C(=O)N(C)C4=O)cc2)cc1. The van der Waals surface area contributed by atoms with Crippen LogP contribution in [0.1, 0.15) is 42.2 Å². The molecule has 0 fully saturated rings. The van der Waals surface area contributed by atoms with Crippen LogP contribution in [0.4, 0.5) is 5.69 Å². The molecule has 0 bridgehead atoms. The van der Waals surface area contributed by atoms with E-state index in [2.05, 4.69) is 10.3 Å². The summed E-state index contributed by atoms with van der Waals surface area (Å²) < 4.78 is 6.77. The van der Waals surface area contributed by atoms with E-state index in [9.17, 15) is 24.6 Å². The fourth-order valence-corrected chi connectivity index (χ4v) is 4.00. The van der Waals surface area contributed by atoms with Crippen LogP contribution in [0.5, 0.6) is 11.5 Å². The van der Waals surface area contributed by atoms with E-state index in [1.54, 1.807) is 24.3 Å². The molecule has 0 radical (unpaired) electrons. The molecule has 1 aromatic heterocycles. The zero-order valence-electron chi connectivity index (χ0n) is 19.9. The number of ether oxygens (including phenoxy) is 1. The number of hydrogen-bond acceptors (Lipinski definition) is 7. The minimum Gasteiger partial charge on any atom is -0.457 e. The molecular weight excluding hydrogens is 476 g/mol. The van der Waals surface area contributed by atoms with E-state index in [0.29, 0.717) is 17.2 Å². The molecule has 5 rings (SSSR count). The highest BCUT2D eigenvalue weighted by Gasteiger charge is 2.40. The maximum absolute atomic E-state index is 13.3. The molecule has 0 atom stereocenters. The summed E-state index contributed by atoms with van der Waals surface area (Å²) in [5, 5.41) is 24.6. The van der Waals surface area contributed by atoms with Gasteiger partial charge in [-0.2, -0.15) is 0 Å². The van der Waals surface area contributed by atoms with E-state index < -0.39 is 23.6 Å². The molecule has 0 saturated carbocycles. The number of aromatic nitrogens is 2. The lowest BCUT2D eigenvalue weighted by Gasteiger charge is -2.26. The smallest absolute Gasteiger partial charge is 0.280 e. The predicted molar refractivity (Wildman–Crippen MR) is 132 cm³/mol. The van der Waals surface area contributed by atoms with E-state index >= 15 is 0 Å². The standard InChI is InChI=1S/C27H22N4O6/c1-16-3-7-18(8-4-16)37-19-9-5-17(6-10-19)29-24(32)22-13-20-21(26(34)30(2)25(20)33)14-23(22)27(35,36)31-12-11-28-15-31/h3-15,35-36H,1-2H3,(H,29,32). The van der Waals surface area contributed by atoms with Crippen molar-refractivity contribution < 1.29 is 29.3 Å². The van der Waals surface area contributed by atoms with Crippen LogP contribution in [0.2, 0.25) is 0 Å². The number of anilines is 1. The van der Waals surface area contributed by atoms with Gasteiger partial charge in [-0.05, 0) is 55.5 Å². The highest BCUT2D eigenvalue weighted by atomic mass is 16.5. The molecule has 10 nitrogen and oxygen atoms in total. The maximum atomic E-state index is 13.3. The molecule has 0 spiro atoms. The minimum atomic E-state index is -2.73. The van der Waals surface area contributed by atoms with Crippen molar-refractivity contribution in [1.29, 1.82) is 0 Å². The van der Waals surface area contributed by atoms with E-state index in [4.69, 9.17) is 4.74 Å². The molecule has 0 saturated heterocycles. The Balaban J connectivity index is 1.46. The Bertz CT molecular complexity index is 1510. The first-order chi connectivity index (χ1) is 17.6. The highest BCUT2D eigenvalue weighted by molar-refractivity contribution is 6.22. The minimum absolute atomic E-state index is 0.00956. The number of rotatable bonds is 6. The third kappa shape index (κ3) is 4.35. The summed E-state index contributed by atoms with van der Waals surface area (Å²) in [6.07, 6.45) is 3.78. The lowest BCUT2D eigenvalue weighted by Crippen LogP contribution is -2.36. The maximum Gasteiger partial charge on any atom is 0.280 e. The van der Waals surface area contributed by atoms with Gasteiger partial charge in [0.15, 0.2) is 0 Å². The van der Waals surface area contributed by atoms with Crippen molar-refractivity contribution >= 4 is 23.4 Å². The number of aryl methyl sites for hydroxylation is 1. The van der Waals surface area contributed by atoms with Gasteiger partial charge in [-0.1, -0.05) is 17.7 Å². The van der Waals surface area contributed by atoms with E-state index in [1.165, 1.54) is 25.5 Å². The van der Waals surface area contributed by atoms with Gasteiger partial charge >= 0.3 is 0 Å². The lowest BCUT2D eigenvalue weighted by atomic mass is 9.96. The topological polar surface area (TPSA) is 134 Å². The molecule has 3 aromatic carbocycles. The molecule has 10 heteroatoms. The van der Waals surface area contributed by atoms with Gasteiger partial charge in [-0.15, -0.1) is 0 Å². The van der Waals surface area contributed by atoms with Crippen LogP contribution in [0, 0.1) is 6.92 Å². The zero-order chi connectivity index (χ0) is 26.3. The van der Waals surface area contributed by atoms with E-state index in [-0.39, 0.29) is 22.3 Å². The van der Waals surface area contributed by atoms with E-state index in [0.717, 1.165) is 27.4 Å². The molecule has 186 valence electrons. The Kier molecular flexibility index (Phi) is 5.82. The Labute approximate surface area is 211 Å². The van der Waals surface area contributed by atoms with Crippen LogP contribution in [0.25, 0.3) is 0 Å². The predicted octanol–water partition coefficient (Wildman–Crippen LogP) is 3.11. The van der Waals surface area contributed by atoms with Gasteiger partial charge in [-0.3, -0.25) is 23.9 Å². The van der Waals surface area contributed by atoms with Crippen molar-refractivity contribution in [2.75, 3.05) is 12.4 Å². The molecule has 3 amide bonds. The molecule has 4 aromatic rings. The number of imide groups is 1. The summed E-state index contributed by atoms with van der Waals surface area (Å²) in [6, 6.07) is 16.5. The summed E-state index contributed by atoms with van der Waals surface area (Å²) in [6.45, 7) is 1.98. The monoisotopic (exact) mass is 498 g/mol. The van der Waals surface area contributed by atoms with Crippen molar-refractivity contribution in [2.24, 2.45) is 0 Å². The van der Waals surface area contributed by atoms with Crippen LogP contribution < -0.4 is 10.1 Å². The largest absolute Gasteiger partial charge is 0.457 e. The summed E-state index contributed by atoms with van der Waals surface area (Å²) in [5.41, 5.74) is 0.966. The summed E-state index contributed by atoms with van der Waals surface area (Å²) in [7, 11) is 1.31. The van der Waals surface area contributed by atoms with Crippen LogP contribution >= 0.6 is 0 Å². The second-order valence-electron chi connectivity index (χ2n) is 8.61. The number of nitrogens with zero attached hydrogens (tertiary/aromatic N) is 3. The fourth-order valence-electron chi connectivity index (χ4n) is 4.00. The van der Waals surface area contributed by atoms with Crippen LogP contribution in [-0.4, -0.2) is 49.4 Å². The number of carbonyl (C=O) groups is 3. The number of amides is 3. The van der Waals surface area contributed by atoms with Crippen molar-refractivity contribution in [3.8, 4) is 11.5 Å². The molecule has 0 unspecified atom stereocenters. The van der Waals surface area contributed by atoms with Crippen molar-refractivity contribution in [2.45, 2.75) is 12.8 Å². The molecule has 3 N–H and O–H groups in total. The first-order valence-electron chi connectivity index (χ1n) is 11.2. The fraction of sp³-hybridized carbons (Fsp3) is 0.111. The number of aliphatic hydroxyl groups is 2. The molecule has 37 heavy (non-hydrogen) atoms. The first-order valence-corrected chi connectivity index (χ1v) is 11.2. The van der Waals surface area contributed by atoms with Gasteiger partial charge in [0.1, 0.15) is 11.5 Å². The zero-order valence-corrected chi connectivity index (χ0v) is 19.9. The second-order valence-corrected chi connectivity index (χ2v) is 8.61. The number of imidazole rings is 1. The average molecular weight is 498 g/mol. The molecule has 0 aliphatic carbocycles. The summed E-state index contributed by atoms with van der Waals surface area (Å²) in [5.74, 6) is -3.43. The Morgan fingerprint density at radius 3 is 2.14 bits per heavy atom. The van der Waals surface area contributed by atoms with Crippen LogP contribution in [-0.2, 0) is 5.91 Å². The van der Waals surface area contributed by atoms with Crippen molar-refractivity contribution in [1.82, 2.24) is 14.5 Å². The Morgan fingerprint density at radius 1 is 0.946 bits per heavy atom. The van der Waals surface area contributed by atoms with Gasteiger partial charge < -0.3 is 20.3 Å². The number of carbonyl (C=O) groups excluding carboxylic acids is 3. The Morgan fingerprint density at radius 2 is 1.54 bits per heavy atom. The van der Waals surface area contributed by atoms with Crippen LogP contribution in [0.15, 0.2) is 79.4 Å². The molecule has 1 aliphatic heterocycles. The molecule has 2 heterocycles. The molecule has 1 aliphatic rings. The van der Waals surface area contributed by atoms with Gasteiger partial charge in [0.2, 0.25) is 0 Å². The van der Waals surface area contributed by atoms with Gasteiger partial charge in [-0.25, -0.2) is 4.98 Å². The average Bonchev–Trinajstić information content (AvgIpc) is 3.51. The second kappa shape index (κ2) is 9.01. The number of hydrogen-bond donors (Lipinski definition) is 3. The van der Waals surface area contributed by atoms with Crippen molar-refractivity contribution in [3.63, 3.8) is 0 Å². The Hall–Kier alpha value is -4.80. The van der Waals surface area contributed by atoms with Crippen molar-refractivity contribution in [3.05, 3.63) is 107 Å². The number of nitrogens with one attached hydrogen (secondary N) is 1. The van der Waals surface area contributed by atoms with E-state index in [1.807, 2.05) is 31.2 Å². The van der Waals surface area contributed by atoms with Gasteiger partial charge in [0, 0.05) is 30.7 Å². The lowest BCUT2D eigenvalue weighted by molar-refractivity contribution is -0.192. The third-order valence-electron chi connectivity index (χ3n) is 6.07. The summed E-state index contributed by atoms with van der Waals surface area (Å²) >= 11 is 0. The third-order valence-corrected chi connectivity index (χ3v) is 6.07. The highest BCUT2D eigenvalue weighted by Crippen LogP contribution is 2.32. The van der Waals surface area contributed by atoms with Gasteiger partial charge in [0.05, 0.1) is 23.0 Å². The summed E-state index contributed by atoms with van der Waals surface area (Å²) in [4.78, 5) is 43.1. The number of benzene rings is 3.